The normalized spacial score (nSPS) is 12.6. The molecule has 2 aromatic rings. The van der Waals surface area contributed by atoms with Crippen LogP contribution < -0.4 is 5.73 Å². The summed E-state index contributed by atoms with van der Waals surface area (Å²) in [5.74, 6) is 2.09. The van der Waals surface area contributed by atoms with Crippen LogP contribution in [0.25, 0.3) is 11.4 Å². The Morgan fingerprint density at radius 1 is 1.47 bits per heavy atom. The van der Waals surface area contributed by atoms with E-state index in [0.717, 1.165) is 27.8 Å². The Bertz CT molecular complexity index is 559. The molecule has 0 saturated heterocycles. The zero-order chi connectivity index (χ0) is 13.8. The molecule has 2 N–H and O–H groups in total. The van der Waals surface area contributed by atoms with Crippen LogP contribution in [0.1, 0.15) is 23.9 Å². The van der Waals surface area contributed by atoms with E-state index in [9.17, 15) is 0 Å². The van der Waals surface area contributed by atoms with E-state index in [1.165, 1.54) is 0 Å². The summed E-state index contributed by atoms with van der Waals surface area (Å²) in [4.78, 5) is 4.40. The smallest absolute Gasteiger partial charge is 0.243 e. The minimum Gasteiger partial charge on any atom is -0.337 e. The van der Waals surface area contributed by atoms with E-state index < -0.39 is 0 Å². The third-order valence-electron chi connectivity index (χ3n) is 2.82. The summed E-state index contributed by atoms with van der Waals surface area (Å²) < 4.78 is 6.29. The third-order valence-corrected chi connectivity index (χ3v) is 3.96. The summed E-state index contributed by atoms with van der Waals surface area (Å²) >= 11 is 5.20. The van der Waals surface area contributed by atoms with E-state index in [4.69, 9.17) is 10.3 Å². The Morgan fingerprint density at radius 3 is 2.95 bits per heavy atom. The molecule has 0 aliphatic rings. The minimum atomic E-state index is -0.190. The Balaban J connectivity index is 2.20. The number of nitrogens with two attached hydrogens (primary N) is 1. The van der Waals surface area contributed by atoms with Crippen LogP contribution in [0.15, 0.2) is 27.2 Å². The first kappa shape index (κ1) is 14.6. The fourth-order valence-electron chi connectivity index (χ4n) is 1.74. The van der Waals surface area contributed by atoms with Crippen molar-refractivity contribution in [3.63, 3.8) is 0 Å². The molecule has 0 amide bonds. The molecule has 0 bridgehead atoms. The Hall–Kier alpha value is -0.850. The van der Waals surface area contributed by atoms with E-state index in [1.54, 1.807) is 11.8 Å². The SMILES string of the molecule is CSCC[C@@H](N)c1nc(-c2ccc(Br)cc2C)no1. The van der Waals surface area contributed by atoms with Gasteiger partial charge in [0.05, 0.1) is 6.04 Å². The second-order valence-corrected chi connectivity index (χ2v) is 6.20. The summed E-state index contributed by atoms with van der Waals surface area (Å²) in [5.41, 5.74) is 8.08. The van der Waals surface area contributed by atoms with Crippen molar-refractivity contribution in [1.29, 1.82) is 0 Å². The lowest BCUT2D eigenvalue weighted by Crippen LogP contribution is -2.11. The molecule has 1 atom stereocenters. The number of aryl methyl sites for hydroxylation is 1. The van der Waals surface area contributed by atoms with Gasteiger partial charge in [-0.05, 0) is 49.1 Å². The van der Waals surface area contributed by atoms with Crippen molar-refractivity contribution in [3.05, 3.63) is 34.1 Å². The van der Waals surface area contributed by atoms with E-state index in [0.29, 0.717) is 11.7 Å². The molecule has 1 heterocycles. The molecule has 0 aliphatic carbocycles. The fourth-order valence-corrected chi connectivity index (χ4v) is 2.71. The number of hydrogen-bond acceptors (Lipinski definition) is 5. The van der Waals surface area contributed by atoms with Crippen LogP contribution in [0.4, 0.5) is 0 Å². The predicted octanol–water partition coefficient (Wildman–Crippen LogP) is 3.56. The zero-order valence-corrected chi connectivity index (χ0v) is 13.3. The van der Waals surface area contributed by atoms with Gasteiger partial charge >= 0.3 is 0 Å². The highest BCUT2D eigenvalue weighted by molar-refractivity contribution is 9.10. The molecule has 4 nitrogen and oxygen atoms in total. The average Bonchev–Trinajstić information content (AvgIpc) is 2.85. The standard InChI is InChI=1S/C13H16BrN3OS/c1-8-7-9(14)3-4-10(8)12-16-13(18-17-12)11(15)5-6-19-2/h3-4,7,11H,5-6,15H2,1-2H3/t11-/m1/s1. The van der Waals surface area contributed by atoms with Crippen LogP contribution in [0.2, 0.25) is 0 Å². The van der Waals surface area contributed by atoms with Crippen LogP contribution in [-0.4, -0.2) is 22.1 Å². The van der Waals surface area contributed by atoms with Gasteiger partial charge < -0.3 is 10.3 Å². The Kier molecular flexibility index (Phi) is 5.01. The third kappa shape index (κ3) is 3.58. The molecule has 1 aromatic carbocycles. The first-order valence-corrected chi connectivity index (χ1v) is 8.15. The summed E-state index contributed by atoms with van der Waals surface area (Å²) in [6, 6.07) is 5.77. The van der Waals surface area contributed by atoms with E-state index >= 15 is 0 Å². The molecule has 0 aliphatic heterocycles. The van der Waals surface area contributed by atoms with Gasteiger partial charge in [-0.15, -0.1) is 0 Å². The van der Waals surface area contributed by atoms with Gasteiger partial charge in [-0.3, -0.25) is 0 Å². The van der Waals surface area contributed by atoms with E-state index in [2.05, 4.69) is 32.3 Å². The van der Waals surface area contributed by atoms with E-state index in [-0.39, 0.29) is 6.04 Å². The molecule has 0 unspecified atom stereocenters. The van der Waals surface area contributed by atoms with Gasteiger partial charge in [0.25, 0.3) is 0 Å². The Morgan fingerprint density at radius 2 is 2.26 bits per heavy atom. The lowest BCUT2D eigenvalue weighted by molar-refractivity contribution is 0.353. The number of hydrogen-bond donors (Lipinski definition) is 1. The average molecular weight is 342 g/mol. The van der Waals surface area contributed by atoms with Gasteiger partial charge in [0.1, 0.15) is 0 Å². The number of benzene rings is 1. The monoisotopic (exact) mass is 341 g/mol. The second-order valence-electron chi connectivity index (χ2n) is 4.30. The number of aromatic nitrogens is 2. The highest BCUT2D eigenvalue weighted by atomic mass is 79.9. The molecule has 6 heteroatoms. The number of thioether (sulfide) groups is 1. The largest absolute Gasteiger partial charge is 0.337 e. The van der Waals surface area contributed by atoms with Gasteiger partial charge in [0.15, 0.2) is 0 Å². The minimum absolute atomic E-state index is 0.190. The number of nitrogens with zero attached hydrogens (tertiary/aromatic N) is 2. The van der Waals surface area contributed by atoms with Crippen molar-refractivity contribution in [2.75, 3.05) is 12.0 Å². The zero-order valence-electron chi connectivity index (χ0n) is 10.9. The lowest BCUT2D eigenvalue weighted by Gasteiger charge is -2.04. The Labute approximate surface area is 125 Å². The maximum Gasteiger partial charge on any atom is 0.243 e. The number of rotatable bonds is 5. The van der Waals surface area contributed by atoms with Gasteiger partial charge in [0, 0.05) is 10.0 Å². The fraction of sp³-hybridized carbons (Fsp3) is 0.385. The maximum absolute atomic E-state index is 6.02. The van der Waals surface area contributed by atoms with Crippen molar-refractivity contribution in [1.82, 2.24) is 10.1 Å². The highest BCUT2D eigenvalue weighted by Gasteiger charge is 2.16. The van der Waals surface area contributed by atoms with Crippen LogP contribution in [-0.2, 0) is 0 Å². The van der Waals surface area contributed by atoms with E-state index in [1.807, 2.05) is 25.1 Å². The molecule has 0 saturated carbocycles. The van der Waals surface area contributed by atoms with Crippen molar-refractivity contribution >= 4 is 27.7 Å². The molecular weight excluding hydrogens is 326 g/mol. The van der Waals surface area contributed by atoms with Crippen molar-refractivity contribution < 1.29 is 4.52 Å². The summed E-state index contributed by atoms with van der Waals surface area (Å²) in [5, 5.41) is 4.02. The molecular formula is C13H16BrN3OS. The maximum atomic E-state index is 6.02. The van der Waals surface area contributed by atoms with Crippen molar-refractivity contribution in [3.8, 4) is 11.4 Å². The first-order chi connectivity index (χ1) is 9.11. The van der Waals surface area contributed by atoms with Crippen LogP contribution >= 0.6 is 27.7 Å². The molecule has 0 fully saturated rings. The molecule has 19 heavy (non-hydrogen) atoms. The first-order valence-electron chi connectivity index (χ1n) is 5.96. The molecule has 0 spiro atoms. The van der Waals surface area contributed by atoms with Gasteiger partial charge in [-0.2, -0.15) is 16.7 Å². The molecule has 2 rings (SSSR count). The van der Waals surface area contributed by atoms with Crippen molar-refractivity contribution in [2.45, 2.75) is 19.4 Å². The quantitative estimate of drug-likeness (QED) is 0.900. The van der Waals surface area contributed by atoms with Crippen LogP contribution in [0.3, 0.4) is 0 Å². The topological polar surface area (TPSA) is 64.9 Å². The predicted molar refractivity (Wildman–Crippen MR) is 82.1 cm³/mol. The van der Waals surface area contributed by atoms with Gasteiger partial charge in [-0.25, -0.2) is 0 Å². The van der Waals surface area contributed by atoms with Crippen LogP contribution in [0.5, 0.6) is 0 Å². The molecule has 102 valence electrons. The van der Waals surface area contributed by atoms with Gasteiger partial charge in [0.2, 0.25) is 11.7 Å². The highest BCUT2D eigenvalue weighted by Crippen LogP contribution is 2.25. The van der Waals surface area contributed by atoms with Crippen molar-refractivity contribution in [2.24, 2.45) is 5.73 Å². The summed E-state index contributed by atoms with van der Waals surface area (Å²) in [6.07, 6.45) is 2.89. The second kappa shape index (κ2) is 6.54. The summed E-state index contributed by atoms with van der Waals surface area (Å²) in [6.45, 7) is 2.02. The molecule has 0 radical (unpaired) electrons. The van der Waals surface area contributed by atoms with Crippen LogP contribution in [0, 0.1) is 6.92 Å². The number of halogens is 1. The molecule has 1 aromatic heterocycles. The summed E-state index contributed by atoms with van der Waals surface area (Å²) in [7, 11) is 0. The van der Waals surface area contributed by atoms with Gasteiger partial charge in [-0.1, -0.05) is 21.1 Å². The lowest BCUT2D eigenvalue weighted by atomic mass is 10.1.